The van der Waals surface area contributed by atoms with E-state index in [9.17, 15) is 13.2 Å². The summed E-state index contributed by atoms with van der Waals surface area (Å²) in [6.07, 6.45) is -4.10. The maximum Gasteiger partial charge on any atom is 0.433 e. The molecule has 2 bridgehead atoms. The summed E-state index contributed by atoms with van der Waals surface area (Å²) in [7, 11) is 0. The molecule has 2 unspecified atom stereocenters. The first-order valence-corrected chi connectivity index (χ1v) is 10.2. The summed E-state index contributed by atoms with van der Waals surface area (Å²) >= 11 is 0. The molecule has 6 rings (SSSR count). The van der Waals surface area contributed by atoms with Crippen molar-refractivity contribution in [3.05, 3.63) is 47.4 Å². The van der Waals surface area contributed by atoms with Crippen molar-refractivity contribution >= 4 is 28.0 Å². The summed E-state index contributed by atoms with van der Waals surface area (Å²) in [4.78, 5) is 5.90. The number of rotatable bonds is 4. The Hall–Kier alpha value is -3.18. The van der Waals surface area contributed by atoms with Gasteiger partial charge in [-0.1, -0.05) is 6.07 Å². The zero-order valence-electron chi connectivity index (χ0n) is 17.2. The maximum atomic E-state index is 13.1. The number of ether oxygens (including phenoxy) is 1. The van der Waals surface area contributed by atoms with Gasteiger partial charge in [0.05, 0.1) is 23.6 Å². The maximum absolute atomic E-state index is 13.1. The van der Waals surface area contributed by atoms with Crippen molar-refractivity contribution in [2.45, 2.75) is 37.9 Å². The van der Waals surface area contributed by atoms with E-state index < -0.39 is 18.0 Å². The molecule has 5 N–H and O–H groups in total. The van der Waals surface area contributed by atoms with Gasteiger partial charge in [0.1, 0.15) is 11.9 Å². The number of nitrogens with zero attached hydrogens (tertiary/aromatic N) is 4. The molecule has 32 heavy (non-hydrogen) atoms. The molecular formula is C21H22F3N7O. The van der Waals surface area contributed by atoms with Crippen LogP contribution in [0, 0.1) is 6.92 Å². The van der Waals surface area contributed by atoms with Gasteiger partial charge in [0.25, 0.3) is 0 Å². The molecule has 5 heterocycles. The average molecular weight is 445 g/mol. The minimum Gasteiger partial charge on any atom is -0.399 e. The highest BCUT2D eigenvalue weighted by Crippen LogP contribution is 2.35. The quantitative estimate of drug-likeness (QED) is 0.525. The normalized spacial score (nSPS) is 21.3. The van der Waals surface area contributed by atoms with E-state index in [1.54, 1.807) is 0 Å². The summed E-state index contributed by atoms with van der Waals surface area (Å²) in [6, 6.07) is 8.07. The van der Waals surface area contributed by atoms with Crippen LogP contribution in [0.4, 0.5) is 30.4 Å². The van der Waals surface area contributed by atoms with Crippen LogP contribution in [0.1, 0.15) is 29.7 Å². The molecule has 168 valence electrons. The van der Waals surface area contributed by atoms with Gasteiger partial charge in [-0.05, 0) is 31.2 Å². The molecule has 8 nitrogen and oxygen atoms in total. The van der Waals surface area contributed by atoms with Crippen molar-refractivity contribution in [1.29, 1.82) is 0 Å². The van der Waals surface area contributed by atoms with Crippen LogP contribution in [0.5, 0.6) is 0 Å². The molecule has 3 saturated heterocycles. The van der Waals surface area contributed by atoms with Crippen molar-refractivity contribution in [3.63, 3.8) is 0 Å². The summed E-state index contributed by atoms with van der Waals surface area (Å²) in [5, 5.41) is 13.0. The first-order chi connectivity index (χ1) is 15.2. The molecule has 3 aliphatic heterocycles. The van der Waals surface area contributed by atoms with Gasteiger partial charge in [0, 0.05) is 41.7 Å². The molecule has 0 spiro atoms. The van der Waals surface area contributed by atoms with Gasteiger partial charge in [-0.2, -0.15) is 18.3 Å². The third-order valence-corrected chi connectivity index (χ3v) is 5.84. The number of hydrogen-bond acceptors (Lipinski definition) is 8. The van der Waals surface area contributed by atoms with Crippen LogP contribution in [-0.2, 0) is 10.9 Å². The topological polar surface area (TPSA) is 115 Å². The highest BCUT2D eigenvalue weighted by atomic mass is 19.4. The Balaban J connectivity index is 1.48. The number of aryl methyl sites for hydroxylation is 1. The number of hydrogen-bond donors (Lipinski definition) is 3. The van der Waals surface area contributed by atoms with Crippen LogP contribution in [-0.4, -0.2) is 40.5 Å². The highest BCUT2D eigenvalue weighted by molar-refractivity contribution is 5.95. The number of nitrogen functional groups attached to an aromatic ring is 1. The van der Waals surface area contributed by atoms with Gasteiger partial charge in [0.2, 0.25) is 0 Å². The molecule has 0 saturated carbocycles. The first-order valence-electron chi connectivity index (χ1n) is 10.2. The average Bonchev–Trinajstić information content (AvgIpc) is 2.74. The first kappa shape index (κ1) is 20.7. The van der Waals surface area contributed by atoms with Crippen molar-refractivity contribution in [2.24, 2.45) is 5.73 Å². The number of fused-ring (bicyclic) bond motifs is 3. The molecule has 2 aromatic heterocycles. The number of morpholine rings is 1. The van der Waals surface area contributed by atoms with E-state index in [0.29, 0.717) is 5.82 Å². The SMILES string of the molecule is Cc1nnc(N[C@H](N)c2cc(N)cc(C(F)(F)F)n2)c2cc(N3CC4CC(C3)O4)ccc12. The fourth-order valence-corrected chi connectivity index (χ4v) is 4.25. The van der Waals surface area contributed by atoms with Crippen molar-refractivity contribution < 1.29 is 17.9 Å². The van der Waals surface area contributed by atoms with Crippen LogP contribution in [0.15, 0.2) is 30.3 Å². The predicted molar refractivity (Wildman–Crippen MR) is 114 cm³/mol. The minimum atomic E-state index is -4.63. The van der Waals surface area contributed by atoms with E-state index in [2.05, 4.69) is 25.4 Å². The smallest absolute Gasteiger partial charge is 0.399 e. The lowest BCUT2D eigenvalue weighted by atomic mass is 9.98. The summed E-state index contributed by atoms with van der Waals surface area (Å²) < 4.78 is 45.1. The third-order valence-electron chi connectivity index (χ3n) is 5.84. The number of anilines is 3. The highest BCUT2D eigenvalue weighted by Gasteiger charge is 2.38. The largest absolute Gasteiger partial charge is 0.433 e. The Labute approximate surface area is 181 Å². The Morgan fingerprint density at radius 1 is 1.12 bits per heavy atom. The molecule has 0 aliphatic carbocycles. The molecule has 3 aliphatic rings. The number of nitrogens with one attached hydrogen (secondary N) is 1. The third kappa shape index (κ3) is 3.78. The standard InChI is InChI=1S/C21H22F3N7O/c1-10-15-3-2-12(31-8-13-7-14(9-31)32-13)6-16(15)20(30-29-10)28-19(26)17-4-11(25)5-18(27-17)21(22,23)24/h2-6,13-14,19H,7-9,26H2,1H3,(H2,25,27)(H,28,30)/t13?,14?,19-/m0/s1. The molecule has 1 aromatic carbocycles. The van der Waals surface area contributed by atoms with Crippen molar-refractivity contribution in [1.82, 2.24) is 15.2 Å². The molecule has 3 aromatic rings. The fraction of sp³-hybridized carbons (Fsp3) is 0.381. The fourth-order valence-electron chi connectivity index (χ4n) is 4.25. The second-order valence-corrected chi connectivity index (χ2v) is 8.22. The van der Waals surface area contributed by atoms with Crippen LogP contribution >= 0.6 is 0 Å². The van der Waals surface area contributed by atoms with Crippen LogP contribution in [0.25, 0.3) is 10.8 Å². The van der Waals surface area contributed by atoms with Gasteiger partial charge in [-0.3, -0.25) is 0 Å². The number of halogens is 3. The number of pyridine rings is 1. The number of alkyl halides is 3. The van der Waals surface area contributed by atoms with Crippen LogP contribution < -0.4 is 21.7 Å². The lowest BCUT2D eigenvalue weighted by Gasteiger charge is -2.48. The van der Waals surface area contributed by atoms with Crippen LogP contribution in [0.3, 0.4) is 0 Å². The second kappa shape index (κ2) is 7.45. The molecule has 3 fully saturated rings. The molecule has 3 atom stereocenters. The van der Waals surface area contributed by atoms with E-state index in [1.165, 1.54) is 6.07 Å². The second-order valence-electron chi connectivity index (χ2n) is 8.22. The van der Waals surface area contributed by atoms with E-state index in [1.807, 2.05) is 25.1 Å². The summed E-state index contributed by atoms with van der Waals surface area (Å²) in [5.41, 5.74) is 12.3. The van der Waals surface area contributed by atoms with Gasteiger partial charge in [-0.15, -0.1) is 5.10 Å². The minimum absolute atomic E-state index is 0.0442. The lowest BCUT2D eigenvalue weighted by Crippen LogP contribution is -2.57. The number of benzene rings is 1. The van der Waals surface area contributed by atoms with E-state index in [-0.39, 0.29) is 23.6 Å². The Morgan fingerprint density at radius 3 is 2.53 bits per heavy atom. The Bertz CT molecular complexity index is 1170. The molecule has 0 radical (unpaired) electrons. The van der Waals surface area contributed by atoms with E-state index >= 15 is 0 Å². The Kier molecular flexibility index (Phi) is 4.82. The van der Waals surface area contributed by atoms with Crippen molar-refractivity contribution in [3.8, 4) is 0 Å². The van der Waals surface area contributed by atoms with Crippen molar-refractivity contribution in [2.75, 3.05) is 29.0 Å². The number of nitrogens with two attached hydrogens (primary N) is 2. The summed E-state index contributed by atoms with van der Waals surface area (Å²) in [6.45, 7) is 3.47. The van der Waals surface area contributed by atoms with Crippen LogP contribution in [0.2, 0.25) is 0 Å². The Morgan fingerprint density at radius 2 is 1.84 bits per heavy atom. The molecule has 11 heteroatoms. The van der Waals surface area contributed by atoms with E-state index in [4.69, 9.17) is 16.2 Å². The number of piperidine rings is 1. The van der Waals surface area contributed by atoms with Gasteiger partial charge in [-0.25, -0.2) is 4.98 Å². The van der Waals surface area contributed by atoms with Gasteiger partial charge in [0.15, 0.2) is 5.82 Å². The molecule has 0 amide bonds. The van der Waals surface area contributed by atoms with E-state index in [0.717, 1.165) is 47.7 Å². The zero-order valence-corrected chi connectivity index (χ0v) is 17.2. The predicted octanol–water partition coefficient (Wildman–Crippen LogP) is 2.98. The summed E-state index contributed by atoms with van der Waals surface area (Å²) in [5.74, 6) is 0.358. The molecular weight excluding hydrogens is 423 g/mol. The number of aromatic nitrogens is 3. The monoisotopic (exact) mass is 445 g/mol. The zero-order chi connectivity index (χ0) is 22.6. The van der Waals surface area contributed by atoms with Gasteiger partial charge >= 0.3 is 6.18 Å². The van der Waals surface area contributed by atoms with Gasteiger partial charge < -0.3 is 26.4 Å². The lowest BCUT2D eigenvalue weighted by molar-refractivity contribution is -0.141.